The fourth-order valence-corrected chi connectivity index (χ4v) is 3.03. The first-order valence-electron chi connectivity index (χ1n) is 7.81. The standard InChI is InChI=1S/C19H17N3O3S/c1-3-10-20-19-22(16(13-26-19)17-5-4-11-25-17)21-12-14-6-8-15(9-7-14)18(23)24-2/h3-9,11-13H,1,10H2,2H3/b20-19?,21-12+. The van der Waals surface area contributed by atoms with Gasteiger partial charge in [0.2, 0.25) is 4.80 Å². The molecule has 0 fully saturated rings. The summed E-state index contributed by atoms with van der Waals surface area (Å²) in [6.07, 6.45) is 5.05. The first-order valence-corrected chi connectivity index (χ1v) is 8.69. The van der Waals surface area contributed by atoms with E-state index in [9.17, 15) is 4.79 Å². The maximum Gasteiger partial charge on any atom is 0.337 e. The van der Waals surface area contributed by atoms with Gasteiger partial charge in [-0.05, 0) is 29.8 Å². The van der Waals surface area contributed by atoms with E-state index in [1.165, 1.54) is 18.4 Å². The van der Waals surface area contributed by atoms with Gasteiger partial charge < -0.3 is 9.15 Å². The van der Waals surface area contributed by atoms with E-state index in [1.807, 2.05) is 17.5 Å². The lowest BCUT2D eigenvalue weighted by Gasteiger charge is -2.01. The minimum absolute atomic E-state index is 0.369. The Morgan fingerprint density at radius 1 is 1.35 bits per heavy atom. The average molecular weight is 367 g/mol. The number of hydrogen-bond donors (Lipinski definition) is 0. The van der Waals surface area contributed by atoms with E-state index < -0.39 is 0 Å². The summed E-state index contributed by atoms with van der Waals surface area (Å²) in [7, 11) is 1.36. The number of carbonyl (C=O) groups is 1. The van der Waals surface area contributed by atoms with E-state index in [-0.39, 0.29) is 5.97 Å². The molecule has 0 bridgehead atoms. The quantitative estimate of drug-likeness (QED) is 0.380. The molecule has 0 radical (unpaired) electrons. The molecule has 0 atom stereocenters. The Kier molecular flexibility index (Phi) is 5.60. The fraction of sp³-hybridized carbons (Fsp3) is 0.105. The summed E-state index contributed by atoms with van der Waals surface area (Å²) >= 11 is 1.47. The molecule has 0 spiro atoms. The molecule has 2 aromatic heterocycles. The molecule has 0 aliphatic heterocycles. The van der Waals surface area contributed by atoms with Gasteiger partial charge in [0.05, 0.1) is 31.7 Å². The Labute approximate surface area is 154 Å². The lowest BCUT2D eigenvalue weighted by molar-refractivity contribution is 0.0600. The number of thiazole rings is 1. The first kappa shape index (κ1) is 17.6. The van der Waals surface area contributed by atoms with Gasteiger partial charge in [0.25, 0.3) is 0 Å². The van der Waals surface area contributed by atoms with Crippen LogP contribution in [0.1, 0.15) is 15.9 Å². The summed E-state index contributed by atoms with van der Waals surface area (Å²) in [5.74, 6) is 0.339. The lowest BCUT2D eigenvalue weighted by Crippen LogP contribution is -2.12. The van der Waals surface area contributed by atoms with Crippen LogP contribution < -0.4 is 4.80 Å². The summed E-state index contributed by atoms with van der Waals surface area (Å²) in [5, 5.41) is 6.48. The molecule has 3 aromatic rings. The molecule has 0 N–H and O–H groups in total. The SMILES string of the molecule is C=CCN=c1scc(-c2ccco2)n1/N=C/c1ccc(C(=O)OC)cc1. The van der Waals surface area contributed by atoms with Gasteiger partial charge in [-0.1, -0.05) is 18.2 Å². The number of aromatic nitrogens is 1. The van der Waals surface area contributed by atoms with Gasteiger partial charge in [-0.3, -0.25) is 4.99 Å². The average Bonchev–Trinajstić information content (AvgIpc) is 3.34. The fourth-order valence-electron chi connectivity index (χ4n) is 2.20. The number of methoxy groups -OCH3 is 1. The van der Waals surface area contributed by atoms with E-state index in [0.717, 1.165) is 16.1 Å². The zero-order valence-corrected chi connectivity index (χ0v) is 15.0. The van der Waals surface area contributed by atoms with Gasteiger partial charge in [-0.15, -0.1) is 17.9 Å². The second kappa shape index (κ2) is 8.26. The van der Waals surface area contributed by atoms with Crippen molar-refractivity contribution in [1.29, 1.82) is 0 Å². The maximum atomic E-state index is 11.5. The smallest absolute Gasteiger partial charge is 0.337 e. The van der Waals surface area contributed by atoms with E-state index in [2.05, 4.69) is 16.7 Å². The van der Waals surface area contributed by atoms with Crippen molar-refractivity contribution in [1.82, 2.24) is 4.68 Å². The number of nitrogens with zero attached hydrogens (tertiary/aromatic N) is 3. The summed E-state index contributed by atoms with van der Waals surface area (Å²) in [6.45, 7) is 4.19. The maximum absolute atomic E-state index is 11.5. The molecule has 0 amide bonds. The van der Waals surface area contributed by atoms with Crippen LogP contribution in [0.3, 0.4) is 0 Å². The topological polar surface area (TPSA) is 69.1 Å². The number of carbonyl (C=O) groups excluding carboxylic acids is 1. The summed E-state index contributed by atoms with van der Waals surface area (Å²) in [6, 6.07) is 10.7. The number of benzene rings is 1. The highest BCUT2D eigenvalue weighted by Gasteiger charge is 2.09. The molecule has 0 saturated heterocycles. The number of furan rings is 1. The molecule has 1 aromatic carbocycles. The van der Waals surface area contributed by atoms with Crippen LogP contribution >= 0.6 is 11.3 Å². The van der Waals surface area contributed by atoms with Crippen molar-refractivity contribution >= 4 is 23.5 Å². The Hall–Kier alpha value is -3.19. The van der Waals surface area contributed by atoms with Crippen LogP contribution in [0.25, 0.3) is 11.5 Å². The van der Waals surface area contributed by atoms with Gasteiger partial charge in [-0.2, -0.15) is 5.10 Å². The Bertz CT molecular complexity index is 980. The van der Waals surface area contributed by atoms with Crippen molar-refractivity contribution < 1.29 is 13.9 Å². The van der Waals surface area contributed by atoms with E-state index in [0.29, 0.717) is 17.9 Å². The highest BCUT2D eigenvalue weighted by molar-refractivity contribution is 7.07. The van der Waals surface area contributed by atoms with E-state index in [4.69, 9.17) is 9.15 Å². The minimum atomic E-state index is -0.369. The van der Waals surface area contributed by atoms with Gasteiger partial charge >= 0.3 is 5.97 Å². The van der Waals surface area contributed by atoms with Crippen molar-refractivity contribution in [3.8, 4) is 11.5 Å². The Morgan fingerprint density at radius 2 is 2.15 bits per heavy atom. The number of hydrogen-bond acceptors (Lipinski definition) is 6. The number of rotatable bonds is 6. The van der Waals surface area contributed by atoms with Crippen LogP contribution in [0.2, 0.25) is 0 Å². The zero-order chi connectivity index (χ0) is 18.4. The second-order valence-electron chi connectivity index (χ2n) is 5.18. The Morgan fingerprint density at radius 3 is 2.81 bits per heavy atom. The Balaban J connectivity index is 1.95. The van der Waals surface area contributed by atoms with Gasteiger partial charge in [0.15, 0.2) is 5.76 Å². The molecular weight excluding hydrogens is 350 g/mol. The summed E-state index contributed by atoms with van der Waals surface area (Å²) in [4.78, 5) is 16.7. The molecule has 0 unspecified atom stereocenters. The van der Waals surface area contributed by atoms with E-state index in [1.54, 1.807) is 47.5 Å². The molecule has 2 heterocycles. The van der Waals surface area contributed by atoms with Crippen molar-refractivity contribution in [2.45, 2.75) is 0 Å². The van der Waals surface area contributed by atoms with Gasteiger partial charge in [0.1, 0.15) is 5.69 Å². The van der Waals surface area contributed by atoms with Crippen molar-refractivity contribution in [2.75, 3.05) is 13.7 Å². The van der Waals surface area contributed by atoms with Gasteiger partial charge in [0, 0.05) is 5.38 Å². The van der Waals surface area contributed by atoms with Crippen LogP contribution in [-0.2, 0) is 4.74 Å². The number of esters is 1. The van der Waals surface area contributed by atoms with Crippen LogP contribution in [0.5, 0.6) is 0 Å². The largest absolute Gasteiger partial charge is 0.465 e. The normalized spacial score (nSPS) is 11.8. The molecule has 7 heteroatoms. The lowest BCUT2D eigenvalue weighted by atomic mass is 10.1. The predicted molar refractivity (Wildman–Crippen MR) is 101 cm³/mol. The van der Waals surface area contributed by atoms with E-state index >= 15 is 0 Å². The molecule has 6 nitrogen and oxygen atoms in total. The van der Waals surface area contributed by atoms with Crippen LogP contribution in [-0.4, -0.2) is 30.5 Å². The third-order valence-corrected chi connectivity index (χ3v) is 4.32. The molecule has 0 aliphatic carbocycles. The molecule has 0 aliphatic rings. The molecule has 26 heavy (non-hydrogen) atoms. The third-order valence-electron chi connectivity index (χ3n) is 3.47. The highest BCUT2D eigenvalue weighted by Crippen LogP contribution is 2.20. The van der Waals surface area contributed by atoms with Gasteiger partial charge in [-0.25, -0.2) is 9.47 Å². The number of ether oxygens (including phenoxy) is 1. The third kappa shape index (κ3) is 3.89. The van der Waals surface area contributed by atoms with Crippen molar-refractivity contribution in [2.24, 2.45) is 10.1 Å². The second-order valence-corrected chi connectivity index (χ2v) is 6.02. The monoisotopic (exact) mass is 367 g/mol. The summed E-state index contributed by atoms with van der Waals surface area (Å²) < 4.78 is 11.9. The van der Waals surface area contributed by atoms with Crippen LogP contribution in [0.4, 0.5) is 0 Å². The predicted octanol–water partition coefficient (Wildman–Crippen LogP) is 3.57. The van der Waals surface area contributed by atoms with Crippen LogP contribution in [0.15, 0.2) is 75.2 Å². The molecular formula is C19H17N3O3S. The van der Waals surface area contributed by atoms with Crippen molar-refractivity contribution in [3.63, 3.8) is 0 Å². The zero-order valence-electron chi connectivity index (χ0n) is 14.2. The van der Waals surface area contributed by atoms with Crippen molar-refractivity contribution in [3.05, 3.63) is 76.6 Å². The highest BCUT2D eigenvalue weighted by atomic mass is 32.1. The first-order chi connectivity index (χ1) is 12.7. The molecule has 132 valence electrons. The summed E-state index contributed by atoms with van der Waals surface area (Å²) in [5.41, 5.74) is 2.15. The van der Waals surface area contributed by atoms with Crippen LogP contribution in [0, 0.1) is 0 Å². The minimum Gasteiger partial charge on any atom is -0.465 e. The molecule has 0 saturated carbocycles. The molecule has 3 rings (SSSR count).